The molecule has 0 aromatic heterocycles. The summed E-state index contributed by atoms with van der Waals surface area (Å²) in [5.74, 6) is -0.947. The van der Waals surface area contributed by atoms with Gasteiger partial charge < -0.3 is 20.1 Å². The molecular weight excluding hydrogens is 336 g/mol. The van der Waals surface area contributed by atoms with E-state index >= 15 is 0 Å². The van der Waals surface area contributed by atoms with Crippen molar-refractivity contribution >= 4 is 18.0 Å². The summed E-state index contributed by atoms with van der Waals surface area (Å²) in [6.07, 6.45) is 0.202. The van der Waals surface area contributed by atoms with Crippen molar-refractivity contribution in [3.05, 3.63) is 47.2 Å². The number of carbonyl (C=O) groups is 3. The van der Waals surface area contributed by atoms with Crippen LogP contribution in [0.1, 0.15) is 38.7 Å². The maximum Gasteiger partial charge on any atom is 0.338 e. The fourth-order valence-corrected chi connectivity index (χ4v) is 2.75. The number of urea groups is 1. The Morgan fingerprint density at radius 1 is 1.19 bits per heavy atom. The molecule has 7 heteroatoms. The van der Waals surface area contributed by atoms with E-state index in [1.165, 1.54) is 0 Å². The first-order chi connectivity index (χ1) is 12.4. The quantitative estimate of drug-likeness (QED) is 0.728. The summed E-state index contributed by atoms with van der Waals surface area (Å²) in [6.45, 7) is 5.33. The van der Waals surface area contributed by atoms with Crippen LogP contribution in [-0.4, -0.2) is 37.2 Å². The topological polar surface area (TPSA) is 93.7 Å². The van der Waals surface area contributed by atoms with Gasteiger partial charge in [-0.15, -0.1) is 0 Å². The standard InChI is InChI=1S/C19H24N2O5/c1-4-25-18(23)17-13(3)20-19(24)21-15(17)11-26-16(22)10-12(2)14-8-6-5-7-9-14/h5-9,12-13H,4,10-11H2,1-3H3,(H2,20,21,24)/t12-,13+/m0/s1. The molecule has 2 atom stereocenters. The van der Waals surface area contributed by atoms with Gasteiger partial charge >= 0.3 is 18.0 Å². The molecule has 2 amide bonds. The summed E-state index contributed by atoms with van der Waals surface area (Å²) >= 11 is 0. The molecule has 0 unspecified atom stereocenters. The van der Waals surface area contributed by atoms with Gasteiger partial charge in [-0.3, -0.25) is 4.79 Å². The average molecular weight is 360 g/mol. The molecule has 1 aliphatic heterocycles. The van der Waals surface area contributed by atoms with Crippen LogP contribution in [0.15, 0.2) is 41.6 Å². The molecular formula is C19H24N2O5. The van der Waals surface area contributed by atoms with E-state index in [2.05, 4.69) is 10.6 Å². The van der Waals surface area contributed by atoms with Crippen LogP contribution in [0.3, 0.4) is 0 Å². The number of hydrogen-bond acceptors (Lipinski definition) is 5. The SMILES string of the molecule is CCOC(=O)C1=C(COC(=O)C[C@H](C)c2ccccc2)NC(=O)N[C@@H]1C. The molecule has 1 aromatic carbocycles. The average Bonchev–Trinajstić information content (AvgIpc) is 2.60. The summed E-state index contributed by atoms with van der Waals surface area (Å²) < 4.78 is 10.3. The first kappa shape index (κ1) is 19.5. The van der Waals surface area contributed by atoms with Gasteiger partial charge in [-0.1, -0.05) is 37.3 Å². The summed E-state index contributed by atoms with van der Waals surface area (Å²) in [4.78, 5) is 35.9. The van der Waals surface area contributed by atoms with Crippen molar-refractivity contribution in [1.82, 2.24) is 10.6 Å². The Balaban J connectivity index is 2.02. The second-order valence-electron chi connectivity index (χ2n) is 6.11. The number of rotatable bonds is 7. The van der Waals surface area contributed by atoms with Gasteiger partial charge in [0.25, 0.3) is 0 Å². The minimum Gasteiger partial charge on any atom is -0.463 e. The summed E-state index contributed by atoms with van der Waals surface area (Å²) in [7, 11) is 0. The van der Waals surface area contributed by atoms with E-state index in [0.717, 1.165) is 5.56 Å². The monoisotopic (exact) mass is 360 g/mol. The molecule has 0 aliphatic carbocycles. The third-order valence-corrected chi connectivity index (χ3v) is 4.08. The van der Waals surface area contributed by atoms with E-state index < -0.39 is 24.0 Å². The lowest BCUT2D eigenvalue weighted by atomic mass is 9.98. The normalized spacial score (nSPS) is 17.8. The number of nitrogens with one attached hydrogen (secondary N) is 2. The molecule has 1 heterocycles. The van der Waals surface area contributed by atoms with Gasteiger partial charge in [-0.05, 0) is 25.3 Å². The van der Waals surface area contributed by atoms with Crippen LogP contribution in [0.4, 0.5) is 4.79 Å². The van der Waals surface area contributed by atoms with Crippen molar-refractivity contribution in [2.24, 2.45) is 0 Å². The highest BCUT2D eigenvalue weighted by atomic mass is 16.5. The van der Waals surface area contributed by atoms with Crippen LogP contribution in [-0.2, 0) is 19.1 Å². The number of hydrogen-bond donors (Lipinski definition) is 2. The Kier molecular flexibility index (Phi) is 6.77. The smallest absolute Gasteiger partial charge is 0.338 e. The van der Waals surface area contributed by atoms with Crippen LogP contribution in [0.25, 0.3) is 0 Å². The van der Waals surface area contributed by atoms with E-state index in [-0.39, 0.29) is 36.8 Å². The van der Waals surface area contributed by atoms with Crippen molar-refractivity contribution in [3.8, 4) is 0 Å². The largest absolute Gasteiger partial charge is 0.463 e. The number of ether oxygens (including phenoxy) is 2. The number of carbonyl (C=O) groups excluding carboxylic acids is 3. The van der Waals surface area contributed by atoms with Crippen LogP contribution in [0.5, 0.6) is 0 Å². The number of benzene rings is 1. The number of esters is 2. The lowest BCUT2D eigenvalue weighted by molar-refractivity contribution is -0.144. The minimum absolute atomic E-state index is 0.00347. The molecule has 26 heavy (non-hydrogen) atoms. The van der Waals surface area contributed by atoms with E-state index in [0.29, 0.717) is 0 Å². The second-order valence-corrected chi connectivity index (χ2v) is 6.11. The molecule has 0 saturated heterocycles. The molecule has 7 nitrogen and oxygen atoms in total. The predicted octanol–water partition coefficient (Wildman–Crippen LogP) is 2.24. The van der Waals surface area contributed by atoms with E-state index in [1.54, 1.807) is 13.8 Å². The molecule has 1 aromatic rings. The van der Waals surface area contributed by atoms with Crippen LogP contribution in [0, 0.1) is 0 Å². The summed E-state index contributed by atoms with van der Waals surface area (Å²) in [5.41, 5.74) is 1.55. The van der Waals surface area contributed by atoms with Crippen molar-refractivity contribution in [1.29, 1.82) is 0 Å². The number of amides is 2. The van der Waals surface area contributed by atoms with Crippen molar-refractivity contribution in [3.63, 3.8) is 0 Å². The van der Waals surface area contributed by atoms with Crippen molar-refractivity contribution in [2.75, 3.05) is 13.2 Å². The Hall–Kier alpha value is -2.83. The first-order valence-corrected chi connectivity index (χ1v) is 8.60. The lowest BCUT2D eigenvalue weighted by Crippen LogP contribution is -2.50. The third kappa shape index (κ3) is 5.08. The fraction of sp³-hybridized carbons (Fsp3) is 0.421. The highest BCUT2D eigenvalue weighted by molar-refractivity contribution is 5.94. The highest BCUT2D eigenvalue weighted by Gasteiger charge is 2.30. The molecule has 0 saturated carbocycles. The van der Waals surface area contributed by atoms with Gasteiger partial charge in [0.1, 0.15) is 6.61 Å². The van der Waals surface area contributed by atoms with Crippen LogP contribution < -0.4 is 10.6 Å². The second kappa shape index (κ2) is 9.03. The molecule has 1 aliphatic rings. The van der Waals surface area contributed by atoms with Gasteiger partial charge in [0, 0.05) is 0 Å². The Morgan fingerprint density at radius 3 is 2.54 bits per heavy atom. The molecule has 0 spiro atoms. The first-order valence-electron chi connectivity index (χ1n) is 8.60. The van der Waals surface area contributed by atoms with Crippen LogP contribution in [0.2, 0.25) is 0 Å². The minimum atomic E-state index is -0.545. The fourth-order valence-electron chi connectivity index (χ4n) is 2.75. The van der Waals surface area contributed by atoms with E-state index in [9.17, 15) is 14.4 Å². The molecule has 0 bridgehead atoms. The zero-order valence-electron chi connectivity index (χ0n) is 15.2. The zero-order chi connectivity index (χ0) is 19.1. The van der Waals surface area contributed by atoms with E-state index in [1.807, 2.05) is 37.3 Å². The predicted molar refractivity (Wildman–Crippen MR) is 95.2 cm³/mol. The van der Waals surface area contributed by atoms with E-state index in [4.69, 9.17) is 9.47 Å². The van der Waals surface area contributed by atoms with Gasteiger partial charge in [0.2, 0.25) is 0 Å². The van der Waals surface area contributed by atoms with Gasteiger partial charge in [0.15, 0.2) is 0 Å². The Morgan fingerprint density at radius 2 is 1.88 bits per heavy atom. The van der Waals surface area contributed by atoms with Crippen LogP contribution >= 0.6 is 0 Å². The van der Waals surface area contributed by atoms with Crippen molar-refractivity contribution in [2.45, 2.75) is 39.2 Å². The highest BCUT2D eigenvalue weighted by Crippen LogP contribution is 2.20. The molecule has 0 fully saturated rings. The Labute approximate surface area is 152 Å². The van der Waals surface area contributed by atoms with Crippen molar-refractivity contribution < 1.29 is 23.9 Å². The summed E-state index contributed by atoms with van der Waals surface area (Å²) in [5, 5.41) is 5.12. The van der Waals surface area contributed by atoms with Gasteiger partial charge in [0.05, 0.1) is 30.3 Å². The molecule has 0 radical (unpaired) electrons. The third-order valence-electron chi connectivity index (χ3n) is 4.08. The maximum atomic E-state index is 12.1. The molecule has 2 rings (SSSR count). The maximum absolute atomic E-state index is 12.1. The Bertz CT molecular complexity index is 699. The van der Waals surface area contributed by atoms with Gasteiger partial charge in [-0.25, -0.2) is 9.59 Å². The molecule has 140 valence electrons. The van der Waals surface area contributed by atoms with Gasteiger partial charge in [-0.2, -0.15) is 0 Å². The lowest BCUT2D eigenvalue weighted by Gasteiger charge is -2.26. The summed E-state index contributed by atoms with van der Waals surface area (Å²) in [6, 6.07) is 8.68. The molecule has 2 N–H and O–H groups in total. The zero-order valence-corrected chi connectivity index (χ0v) is 15.2.